The third-order valence-electron chi connectivity index (χ3n) is 4.75. The highest BCUT2D eigenvalue weighted by Crippen LogP contribution is 2.12. The van der Waals surface area contributed by atoms with Gasteiger partial charge in [-0.2, -0.15) is 0 Å². The first-order chi connectivity index (χ1) is 11.3. The molecule has 0 bridgehead atoms. The lowest BCUT2D eigenvalue weighted by molar-refractivity contribution is 0.0853. The SMILES string of the molecule is C[C@@H]1CN(CCc2ccncc2)CCN1CCc1ccncc1. The van der Waals surface area contributed by atoms with Gasteiger partial charge in [0.1, 0.15) is 0 Å². The molecule has 0 saturated carbocycles. The van der Waals surface area contributed by atoms with E-state index in [2.05, 4.69) is 51.0 Å². The van der Waals surface area contributed by atoms with Gasteiger partial charge in [-0.3, -0.25) is 14.9 Å². The molecule has 0 radical (unpaired) electrons. The summed E-state index contributed by atoms with van der Waals surface area (Å²) in [5.74, 6) is 0. The first kappa shape index (κ1) is 16.1. The van der Waals surface area contributed by atoms with Crippen molar-refractivity contribution in [3.8, 4) is 0 Å². The monoisotopic (exact) mass is 310 g/mol. The topological polar surface area (TPSA) is 32.3 Å². The summed E-state index contributed by atoms with van der Waals surface area (Å²) in [6.45, 7) is 8.15. The molecule has 2 aromatic rings. The Balaban J connectivity index is 1.42. The van der Waals surface area contributed by atoms with Crippen molar-refractivity contribution in [2.45, 2.75) is 25.8 Å². The molecule has 3 heterocycles. The van der Waals surface area contributed by atoms with E-state index in [1.807, 2.05) is 24.8 Å². The van der Waals surface area contributed by atoms with Crippen LogP contribution in [-0.2, 0) is 12.8 Å². The van der Waals surface area contributed by atoms with Crippen molar-refractivity contribution in [1.82, 2.24) is 19.8 Å². The normalized spacial score (nSPS) is 19.8. The van der Waals surface area contributed by atoms with E-state index in [1.54, 1.807) is 0 Å². The van der Waals surface area contributed by atoms with Gasteiger partial charge < -0.3 is 4.90 Å². The summed E-state index contributed by atoms with van der Waals surface area (Å²) >= 11 is 0. The van der Waals surface area contributed by atoms with Crippen LogP contribution in [0.3, 0.4) is 0 Å². The second-order valence-corrected chi connectivity index (χ2v) is 6.40. The van der Waals surface area contributed by atoms with Gasteiger partial charge in [0.15, 0.2) is 0 Å². The van der Waals surface area contributed by atoms with Crippen molar-refractivity contribution < 1.29 is 0 Å². The Labute approximate surface area is 139 Å². The van der Waals surface area contributed by atoms with Gasteiger partial charge in [0, 0.05) is 63.6 Å². The third-order valence-corrected chi connectivity index (χ3v) is 4.75. The average Bonchev–Trinajstić information content (AvgIpc) is 2.61. The fourth-order valence-corrected chi connectivity index (χ4v) is 3.26. The molecular weight excluding hydrogens is 284 g/mol. The van der Waals surface area contributed by atoms with Crippen molar-refractivity contribution in [2.24, 2.45) is 0 Å². The highest BCUT2D eigenvalue weighted by atomic mass is 15.3. The number of hydrogen-bond acceptors (Lipinski definition) is 4. The van der Waals surface area contributed by atoms with E-state index < -0.39 is 0 Å². The highest BCUT2D eigenvalue weighted by Gasteiger charge is 2.22. The molecule has 4 nitrogen and oxygen atoms in total. The molecule has 1 atom stereocenters. The molecule has 0 amide bonds. The zero-order chi connectivity index (χ0) is 15.9. The van der Waals surface area contributed by atoms with Crippen molar-refractivity contribution in [2.75, 3.05) is 32.7 Å². The molecule has 1 aliphatic heterocycles. The number of hydrogen-bond donors (Lipinski definition) is 0. The largest absolute Gasteiger partial charge is 0.300 e. The van der Waals surface area contributed by atoms with Crippen LogP contribution >= 0.6 is 0 Å². The molecular formula is C19H26N4. The van der Waals surface area contributed by atoms with Gasteiger partial charge in [0.25, 0.3) is 0 Å². The van der Waals surface area contributed by atoms with Gasteiger partial charge in [-0.25, -0.2) is 0 Å². The van der Waals surface area contributed by atoms with Crippen LogP contribution in [0.15, 0.2) is 49.1 Å². The van der Waals surface area contributed by atoms with E-state index in [0.29, 0.717) is 6.04 Å². The minimum absolute atomic E-state index is 0.628. The Morgan fingerprint density at radius 1 is 0.870 bits per heavy atom. The molecule has 0 aliphatic carbocycles. The van der Waals surface area contributed by atoms with Crippen molar-refractivity contribution in [3.63, 3.8) is 0 Å². The maximum Gasteiger partial charge on any atom is 0.0270 e. The molecule has 0 aromatic carbocycles. The fraction of sp³-hybridized carbons (Fsp3) is 0.474. The van der Waals surface area contributed by atoms with E-state index in [4.69, 9.17) is 0 Å². The molecule has 0 N–H and O–H groups in total. The van der Waals surface area contributed by atoms with Gasteiger partial charge >= 0.3 is 0 Å². The fourth-order valence-electron chi connectivity index (χ4n) is 3.26. The molecule has 0 spiro atoms. The lowest BCUT2D eigenvalue weighted by Crippen LogP contribution is -2.52. The van der Waals surface area contributed by atoms with Gasteiger partial charge in [0.05, 0.1) is 0 Å². The quantitative estimate of drug-likeness (QED) is 0.819. The van der Waals surface area contributed by atoms with E-state index in [0.717, 1.165) is 25.9 Å². The second kappa shape index (κ2) is 8.18. The molecule has 122 valence electrons. The summed E-state index contributed by atoms with van der Waals surface area (Å²) in [5, 5.41) is 0. The smallest absolute Gasteiger partial charge is 0.0270 e. The molecule has 23 heavy (non-hydrogen) atoms. The van der Waals surface area contributed by atoms with Gasteiger partial charge in [-0.05, 0) is 55.2 Å². The summed E-state index contributed by atoms with van der Waals surface area (Å²) in [5.41, 5.74) is 2.76. The average molecular weight is 310 g/mol. The Morgan fingerprint density at radius 2 is 1.43 bits per heavy atom. The van der Waals surface area contributed by atoms with Crippen LogP contribution in [0.4, 0.5) is 0 Å². The number of pyridine rings is 2. The van der Waals surface area contributed by atoms with Gasteiger partial charge in [-0.1, -0.05) is 0 Å². The number of aromatic nitrogens is 2. The molecule has 2 aromatic heterocycles. The van der Waals surface area contributed by atoms with Crippen molar-refractivity contribution >= 4 is 0 Å². The first-order valence-electron chi connectivity index (χ1n) is 8.55. The third kappa shape index (κ3) is 4.85. The molecule has 1 saturated heterocycles. The van der Waals surface area contributed by atoms with Crippen molar-refractivity contribution in [1.29, 1.82) is 0 Å². The summed E-state index contributed by atoms with van der Waals surface area (Å²) in [6, 6.07) is 9.11. The molecule has 0 unspecified atom stereocenters. The van der Waals surface area contributed by atoms with E-state index in [-0.39, 0.29) is 0 Å². The summed E-state index contributed by atoms with van der Waals surface area (Å²) in [7, 11) is 0. The van der Waals surface area contributed by atoms with Crippen LogP contribution < -0.4 is 0 Å². The molecule has 1 aliphatic rings. The predicted molar refractivity (Wildman–Crippen MR) is 93.4 cm³/mol. The Morgan fingerprint density at radius 3 is 2.00 bits per heavy atom. The maximum absolute atomic E-state index is 4.09. The van der Waals surface area contributed by atoms with Crippen molar-refractivity contribution in [3.05, 3.63) is 60.2 Å². The molecule has 1 fully saturated rings. The van der Waals surface area contributed by atoms with E-state index in [9.17, 15) is 0 Å². The highest BCUT2D eigenvalue weighted by molar-refractivity contribution is 5.11. The maximum atomic E-state index is 4.09. The summed E-state index contributed by atoms with van der Waals surface area (Å²) in [4.78, 5) is 13.4. The number of piperazine rings is 1. The minimum atomic E-state index is 0.628. The lowest BCUT2D eigenvalue weighted by atomic mass is 10.1. The lowest BCUT2D eigenvalue weighted by Gasteiger charge is -2.40. The first-order valence-corrected chi connectivity index (χ1v) is 8.55. The molecule has 3 rings (SSSR count). The molecule has 4 heteroatoms. The van der Waals surface area contributed by atoms with Crippen LogP contribution in [0.5, 0.6) is 0 Å². The van der Waals surface area contributed by atoms with E-state index in [1.165, 1.54) is 30.8 Å². The van der Waals surface area contributed by atoms with Gasteiger partial charge in [-0.15, -0.1) is 0 Å². The zero-order valence-electron chi connectivity index (χ0n) is 13.9. The summed E-state index contributed by atoms with van der Waals surface area (Å²) < 4.78 is 0. The number of rotatable bonds is 6. The summed E-state index contributed by atoms with van der Waals surface area (Å²) in [6.07, 6.45) is 9.77. The second-order valence-electron chi connectivity index (χ2n) is 6.40. The predicted octanol–water partition coefficient (Wildman–Crippen LogP) is 2.27. The Kier molecular flexibility index (Phi) is 5.72. The van der Waals surface area contributed by atoms with Crippen LogP contribution in [0.2, 0.25) is 0 Å². The van der Waals surface area contributed by atoms with Crippen LogP contribution in [-0.4, -0.2) is 58.5 Å². The van der Waals surface area contributed by atoms with Crippen LogP contribution in [0.25, 0.3) is 0 Å². The standard InChI is InChI=1S/C19H26N4/c1-17-16-22(12-6-18-2-8-20-9-3-18)14-15-23(17)13-7-19-4-10-21-11-5-19/h2-5,8-11,17H,6-7,12-16H2,1H3/t17-/m1/s1. The van der Waals surface area contributed by atoms with E-state index >= 15 is 0 Å². The zero-order valence-corrected chi connectivity index (χ0v) is 13.9. The van der Waals surface area contributed by atoms with Gasteiger partial charge in [0.2, 0.25) is 0 Å². The Bertz CT molecular complexity index is 572. The number of nitrogens with zero attached hydrogens (tertiary/aromatic N) is 4. The van der Waals surface area contributed by atoms with Crippen LogP contribution in [0, 0.1) is 0 Å². The van der Waals surface area contributed by atoms with Crippen LogP contribution in [0.1, 0.15) is 18.1 Å². The minimum Gasteiger partial charge on any atom is -0.300 e. The Hall–Kier alpha value is -1.78.